The highest BCUT2D eigenvalue weighted by Crippen LogP contribution is 2.31. The van der Waals surface area contributed by atoms with Crippen molar-refractivity contribution in [2.24, 2.45) is 0 Å². The summed E-state index contributed by atoms with van der Waals surface area (Å²) in [5, 5.41) is 1.77. The third-order valence-electron chi connectivity index (χ3n) is 3.48. The van der Waals surface area contributed by atoms with Crippen molar-refractivity contribution in [3.05, 3.63) is 69.3 Å². The van der Waals surface area contributed by atoms with Crippen molar-refractivity contribution in [2.75, 3.05) is 0 Å². The molecule has 21 heavy (non-hydrogen) atoms. The molecule has 2 nitrogen and oxygen atoms in total. The van der Waals surface area contributed by atoms with Gasteiger partial charge in [-0.3, -0.25) is 4.79 Å². The maximum Gasteiger partial charge on any atom is 0.169 e. The highest BCUT2D eigenvalue weighted by atomic mass is 35.5. The summed E-state index contributed by atoms with van der Waals surface area (Å²) < 4.78 is 0. The Balaban J connectivity index is 1.96. The second-order valence-corrected chi connectivity index (χ2v) is 5.94. The number of benzene rings is 2. The van der Waals surface area contributed by atoms with Gasteiger partial charge >= 0.3 is 0 Å². The summed E-state index contributed by atoms with van der Waals surface area (Å²) in [6, 6.07) is 11.4. The van der Waals surface area contributed by atoms with Gasteiger partial charge in [-0.1, -0.05) is 53.0 Å². The number of ketones is 1. The molecule has 3 rings (SSSR count). The molecule has 3 aromatic rings. The molecule has 0 spiro atoms. The third-order valence-corrected chi connectivity index (χ3v) is 4.00. The molecule has 0 amide bonds. The Labute approximate surface area is 132 Å². The maximum absolute atomic E-state index is 12.5. The van der Waals surface area contributed by atoms with Crippen molar-refractivity contribution in [1.82, 2.24) is 4.98 Å². The van der Waals surface area contributed by atoms with Crippen LogP contribution in [-0.4, -0.2) is 10.8 Å². The van der Waals surface area contributed by atoms with Gasteiger partial charge < -0.3 is 4.98 Å². The first-order valence-electron chi connectivity index (χ1n) is 6.59. The first kappa shape index (κ1) is 14.2. The van der Waals surface area contributed by atoms with Crippen LogP contribution < -0.4 is 0 Å². The minimum Gasteiger partial charge on any atom is -0.360 e. The van der Waals surface area contributed by atoms with Crippen molar-refractivity contribution in [1.29, 1.82) is 0 Å². The van der Waals surface area contributed by atoms with Crippen molar-refractivity contribution in [3.63, 3.8) is 0 Å². The summed E-state index contributed by atoms with van der Waals surface area (Å²) in [6.07, 6.45) is 2.05. The second-order valence-electron chi connectivity index (χ2n) is 5.10. The van der Waals surface area contributed by atoms with E-state index in [1.165, 1.54) is 5.56 Å². The molecule has 0 atom stereocenters. The molecule has 0 radical (unpaired) electrons. The lowest BCUT2D eigenvalue weighted by molar-refractivity contribution is 0.0994. The molecule has 0 unspecified atom stereocenters. The predicted molar refractivity (Wildman–Crippen MR) is 87.5 cm³/mol. The lowest BCUT2D eigenvalue weighted by Crippen LogP contribution is -2.02. The lowest BCUT2D eigenvalue weighted by Gasteiger charge is -2.03. The van der Waals surface area contributed by atoms with Crippen LogP contribution in [0.3, 0.4) is 0 Å². The molecule has 106 valence electrons. The lowest BCUT2D eigenvalue weighted by atomic mass is 10.0. The number of carbonyl (C=O) groups is 1. The number of Topliss-reactive ketones (excluding diaryl/α,β-unsaturated/α-hetero) is 1. The highest BCUT2D eigenvalue weighted by molar-refractivity contribution is 6.39. The van der Waals surface area contributed by atoms with Crippen LogP contribution in [-0.2, 0) is 6.42 Å². The number of carbonyl (C=O) groups excluding carboxylic acids is 1. The number of hydrogen-bond acceptors (Lipinski definition) is 1. The molecule has 1 N–H and O–H groups in total. The van der Waals surface area contributed by atoms with Gasteiger partial charge in [0.05, 0.1) is 5.02 Å². The Hall–Kier alpha value is -1.77. The number of halogens is 2. The number of aromatic amines is 1. The van der Waals surface area contributed by atoms with Gasteiger partial charge in [0.2, 0.25) is 0 Å². The minimum atomic E-state index is 0.0364. The quantitative estimate of drug-likeness (QED) is 0.661. The van der Waals surface area contributed by atoms with Gasteiger partial charge in [0.1, 0.15) is 0 Å². The number of nitrogens with one attached hydrogen (secondary N) is 1. The molecule has 0 saturated carbocycles. The molecular weight excluding hydrogens is 305 g/mol. The fourth-order valence-electron chi connectivity index (χ4n) is 2.39. The summed E-state index contributed by atoms with van der Waals surface area (Å²) in [6.45, 7) is 2.02. The van der Waals surface area contributed by atoms with Gasteiger partial charge in [0.25, 0.3) is 0 Å². The monoisotopic (exact) mass is 317 g/mol. The van der Waals surface area contributed by atoms with Gasteiger partial charge in [-0.2, -0.15) is 0 Å². The zero-order chi connectivity index (χ0) is 15.0. The Morgan fingerprint density at radius 2 is 1.86 bits per heavy atom. The van der Waals surface area contributed by atoms with Crippen LogP contribution in [0.4, 0.5) is 0 Å². The van der Waals surface area contributed by atoms with E-state index in [1.807, 2.05) is 31.2 Å². The van der Waals surface area contributed by atoms with Gasteiger partial charge in [0, 0.05) is 34.1 Å². The van der Waals surface area contributed by atoms with Crippen molar-refractivity contribution < 1.29 is 4.79 Å². The van der Waals surface area contributed by atoms with E-state index in [1.54, 1.807) is 18.3 Å². The molecule has 0 aliphatic carbocycles. The number of fused-ring (bicyclic) bond motifs is 1. The second kappa shape index (κ2) is 5.55. The molecule has 1 aromatic heterocycles. The smallest absolute Gasteiger partial charge is 0.169 e. The van der Waals surface area contributed by atoms with E-state index in [4.69, 9.17) is 23.2 Å². The topological polar surface area (TPSA) is 32.9 Å². The van der Waals surface area contributed by atoms with Crippen molar-refractivity contribution in [2.45, 2.75) is 13.3 Å². The van der Waals surface area contributed by atoms with E-state index in [0.717, 1.165) is 16.5 Å². The van der Waals surface area contributed by atoms with E-state index in [2.05, 4.69) is 4.98 Å². The normalized spacial score (nSPS) is 11.0. The van der Waals surface area contributed by atoms with Crippen molar-refractivity contribution >= 4 is 39.9 Å². The zero-order valence-electron chi connectivity index (χ0n) is 11.4. The Bertz CT molecular complexity index is 819. The number of H-pyrrole nitrogens is 1. The van der Waals surface area contributed by atoms with Crippen LogP contribution in [0.1, 0.15) is 21.5 Å². The fraction of sp³-hybridized carbons (Fsp3) is 0.118. The van der Waals surface area contributed by atoms with Crippen LogP contribution in [0.15, 0.2) is 42.6 Å². The molecule has 0 aliphatic heterocycles. The summed E-state index contributed by atoms with van der Waals surface area (Å²) in [4.78, 5) is 15.6. The van der Waals surface area contributed by atoms with Crippen LogP contribution in [0.25, 0.3) is 10.9 Å². The first-order valence-corrected chi connectivity index (χ1v) is 7.35. The summed E-state index contributed by atoms with van der Waals surface area (Å²) in [5.74, 6) is 0.0364. The standard InChI is InChI=1S/C17H13Cl2NO/c1-10-2-4-11(5-3-10)6-16(21)13-9-20-15-8-12(18)7-14(19)17(13)15/h2-5,7-9,20H,6H2,1H3. The zero-order valence-corrected chi connectivity index (χ0v) is 12.9. The Morgan fingerprint density at radius 3 is 2.57 bits per heavy atom. The van der Waals surface area contributed by atoms with Crippen molar-refractivity contribution in [3.8, 4) is 0 Å². The van der Waals surface area contributed by atoms with Gasteiger partial charge in [-0.15, -0.1) is 0 Å². The van der Waals surface area contributed by atoms with E-state index in [0.29, 0.717) is 22.0 Å². The van der Waals surface area contributed by atoms with Crippen LogP contribution in [0.5, 0.6) is 0 Å². The molecule has 0 bridgehead atoms. The molecular formula is C17H13Cl2NO. The number of aryl methyl sites for hydroxylation is 1. The van der Waals surface area contributed by atoms with E-state index in [9.17, 15) is 4.79 Å². The molecule has 0 fully saturated rings. The number of hydrogen-bond donors (Lipinski definition) is 1. The van der Waals surface area contributed by atoms with E-state index >= 15 is 0 Å². The van der Waals surface area contributed by atoms with Crippen LogP contribution in [0.2, 0.25) is 10.0 Å². The van der Waals surface area contributed by atoms with Crippen LogP contribution >= 0.6 is 23.2 Å². The molecule has 0 aliphatic rings. The maximum atomic E-state index is 12.5. The van der Waals surface area contributed by atoms with Gasteiger partial charge in [0.15, 0.2) is 5.78 Å². The Kier molecular flexibility index (Phi) is 3.75. The summed E-state index contributed by atoms with van der Waals surface area (Å²) >= 11 is 12.2. The SMILES string of the molecule is Cc1ccc(CC(=O)c2c[nH]c3cc(Cl)cc(Cl)c23)cc1. The Morgan fingerprint density at radius 1 is 1.14 bits per heavy atom. The molecule has 4 heteroatoms. The summed E-state index contributed by atoms with van der Waals surface area (Å²) in [5.41, 5.74) is 3.55. The number of rotatable bonds is 3. The fourth-order valence-corrected chi connectivity index (χ4v) is 2.98. The first-order chi connectivity index (χ1) is 10.0. The number of aromatic nitrogens is 1. The predicted octanol–water partition coefficient (Wildman–Crippen LogP) is 5.21. The largest absolute Gasteiger partial charge is 0.360 e. The van der Waals surface area contributed by atoms with E-state index in [-0.39, 0.29) is 5.78 Å². The average Bonchev–Trinajstić information content (AvgIpc) is 2.85. The molecule has 2 aromatic carbocycles. The minimum absolute atomic E-state index is 0.0364. The summed E-state index contributed by atoms with van der Waals surface area (Å²) in [7, 11) is 0. The third kappa shape index (κ3) is 2.82. The molecule has 0 saturated heterocycles. The van der Waals surface area contributed by atoms with Gasteiger partial charge in [-0.25, -0.2) is 0 Å². The molecule has 1 heterocycles. The van der Waals surface area contributed by atoms with Gasteiger partial charge in [-0.05, 0) is 24.6 Å². The average molecular weight is 318 g/mol. The van der Waals surface area contributed by atoms with Crippen LogP contribution in [0, 0.1) is 6.92 Å². The van der Waals surface area contributed by atoms with E-state index < -0.39 is 0 Å². The highest BCUT2D eigenvalue weighted by Gasteiger charge is 2.15.